The summed E-state index contributed by atoms with van der Waals surface area (Å²) < 4.78 is 42.5. The molecular formula is C44H47N3O7S2. The van der Waals surface area contributed by atoms with Crippen LogP contribution in [0.4, 0.5) is 5.69 Å². The molecule has 0 spiro atoms. The second-order valence-corrected chi connectivity index (χ2v) is 16.8. The first kappa shape index (κ1) is 40.8. The summed E-state index contributed by atoms with van der Waals surface area (Å²) in [6, 6.07) is 37.9. The molecule has 2 amide bonds. The van der Waals surface area contributed by atoms with Crippen molar-refractivity contribution in [3.8, 4) is 0 Å². The van der Waals surface area contributed by atoms with Gasteiger partial charge >= 0.3 is 0 Å². The molecule has 1 saturated heterocycles. The molecule has 1 aliphatic rings. The Morgan fingerprint density at radius 3 is 2.07 bits per heavy atom. The summed E-state index contributed by atoms with van der Waals surface area (Å²) in [6.45, 7) is 5.61. The number of hydrogen-bond acceptors (Lipinski definition) is 8. The lowest BCUT2D eigenvalue weighted by Crippen LogP contribution is -2.47. The number of rotatable bonds is 15. The molecule has 0 bridgehead atoms. The molecule has 292 valence electrons. The van der Waals surface area contributed by atoms with Gasteiger partial charge in [0.1, 0.15) is 6.04 Å². The van der Waals surface area contributed by atoms with Gasteiger partial charge in [0.2, 0.25) is 21.8 Å². The molecule has 10 nitrogen and oxygen atoms in total. The van der Waals surface area contributed by atoms with Gasteiger partial charge in [-0.2, -0.15) is 4.72 Å². The molecule has 1 aliphatic heterocycles. The van der Waals surface area contributed by atoms with Crippen molar-refractivity contribution in [2.75, 3.05) is 11.1 Å². The van der Waals surface area contributed by atoms with Crippen molar-refractivity contribution in [1.82, 2.24) is 10.0 Å². The van der Waals surface area contributed by atoms with E-state index in [-0.39, 0.29) is 48.5 Å². The number of aliphatic hydroxyl groups excluding tert-OH is 1. The number of aliphatic hydroxyl groups is 1. The highest BCUT2D eigenvalue weighted by molar-refractivity contribution is 7.99. The number of nitrogens with one attached hydrogen (secondary N) is 3. The zero-order chi connectivity index (χ0) is 39.7. The minimum absolute atomic E-state index is 0.000807. The second-order valence-electron chi connectivity index (χ2n) is 14.0. The van der Waals surface area contributed by atoms with Crippen LogP contribution in [0.25, 0.3) is 0 Å². The molecule has 5 atom stereocenters. The van der Waals surface area contributed by atoms with Gasteiger partial charge < -0.3 is 25.2 Å². The summed E-state index contributed by atoms with van der Waals surface area (Å²) in [5, 5.41) is 15.3. The van der Waals surface area contributed by atoms with E-state index in [9.17, 15) is 23.1 Å². The standard InChI is InChI=1S/C44H47N3O7S2/c1-29-9-23-39(24-10-29)56(51,52)47-40(25-32-7-5-4-6-8-32)43(50)45-26-33-11-17-36(18-12-33)44-53-41(28-55-38-21-19-37(20-22-38)46-31(3)49)30(2)42(54-44)35-15-13-34(27-48)14-16-35/h4-24,30,40-42,44,47-48H,25-28H2,1-3H3,(H,45,50)(H,46,49)/t30-,40+,41+,42+,44?/m0/s1. The smallest absolute Gasteiger partial charge is 0.241 e. The van der Waals surface area contributed by atoms with Crippen molar-refractivity contribution in [1.29, 1.82) is 0 Å². The highest BCUT2D eigenvalue weighted by Gasteiger charge is 2.38. The van der Waals surface area contributed by atoms with Crippen molar-refractivity contribution in [2.24, 2.45) is 5.92 Å². The number of ether oxygens (including phenoxy) is 2. The predicted octanol–water partition coefficient (Wildman–Crippen LogP) is 7.24. The van der Waals surface area contributed by atoms with Crippen LogP contribution in [0.1, 0.15) is 59.6 Å². The largest absolute Gasteiger partial charge is 0.392 e. The number of benzene rings is 5. The van der Waals surface area contributed by atoms with Gasteiger partial charge in [0, 0.05) is 41.3 Å². The number of carbonyl (C=O) groups is 2. The van der Waals surface area contributed by atoms with Crippen molar-refractivity contribution in [2.45, 2.75) is 74.7 Å². The van der Waals surface area contributed by atoms with Crippen LogP contribution in [-0.4, -0.2) is 43.2 Å². The zero-order valence-corrected chi connectivity index (χ0v) is 33.2. The summed E-state index contributed by atoms with van der Waals surface area (Å²) in [7, 11) is -3.97. The molecular weight excluding hydrogens is 747 g/mol. The molecule has 5 aromatic rings. The molecule has 0 aliphatic carbocycles. The van der Waals surface area contributed by atoms with E-state index in [2.05, 4.69) is 22.3 Å². The Bertz CT molecular complexity index is 2170. The number of thioether (sulfide) groups is 1. The Balaban J connectivity index is 1.14. The van der Waals surface area contributed by atoms with Crippen molar-refractivity contribution in [3.63, 3.8) is 0 Å². The SMILES string of the molecule is CC(=O)Nc1ccc(SC[C@H]2OC(c3ccc(CNC(=O)[C@@H](Cc4ccccc4)NS(=O)(=O)c4ccc(C)cc4)cc3)O[C@@H](c3ccc(CO)cc3)[C@H]2C)cc1. The maximum Gasteiger partial charge on any atom is 0.241 e. The lowest BCUT2D eigenvalue weighted by Gasteiger charge is -2.41. The molecule has 56 heavy (non-hydrogen) atoms. The average Bonchev–Trinajstić information content (AvgIpc) is 3.20. The van der Waals surface area contributed by atoms with Crippen molar-refractivity contribution < 1.29 is 32.6 Å². The summed E-state index contributed by atoms with van der Waals surface area (Å²) in [5.41, 5.74) is 5.92. The summed E-state index contributed by atoms with van der Waals surface area (Å²) >= 11 is 1.67. The van der Waals surface area contributed by atoms with E-state index in [1.165, 1.54) is 19.1 Å². The van der Waals surface area contributed by atoms with Gasteiger partial charge in [0.05, 0.1) is 23.7 Å². The molecule has 6 rings (SSSR count). The highest BCUT2D eigenvalue weighted by atomic mass is 32.2. The number of anilines is 1. The van der Waals surface area contributed by atoms with Gasteiger partial charge in [-0.1, -0.05) is 103 Å². The Hall–Kier alpha value is -4.82. The minimum Gasteiger partial charge on any atom is -0.392 e. The maximum atomic E-state index is 13.6. The second kappa shape index (κ2) is 18.9. The molecule has 5 aromatic carbocycles. The van der Waals surface area contributed by atoms with Crippen LogP contribution in [0.3, 0.4) is 0 Å². The average molecular weight is 794 g/mol. The topological polar surface area (TPSA) is 143 Å². The quantitative estimate of drug-likeness (QED) is 0.0814. The molecule has 0 aromatic heterocycles. The van der Waals surface area contributed by atoms with Gasteiger partial charge in [-0.15, -0.1) is 11.8 Å². The van der Waals surface area contributed by atoms with Gasteiger partial charge in [0.25, 0.3) is 0 Å². The van der Waals surface area contributed by atoms with Gasteiger partial charge in [-0.3, -0.25) is 9.59 Å². The van der Waals surface area contributed by atoms with E-state index in [4.69, 9.17) is 9.47 Å². The van der Waals surface area contributed by atoms with E-state index in [1.807, 2.05) is 110 Å². The zero-order valence-electron chi connectivity index (χ0n) is 31.6. The number of carbonyl (C=O) groups excluding carboxylic acids is 2. The third-order valence-electron chi connectivity index (χ3n) is 9.66. The Morgan fingerprint density at radius 2 is 1.43 bits per heavy atom. The first-order valence-electron chi connectivity index (χ1n) is 18.5. The van der Waals surface area contributed by atoms with Crippen LogP contribution >= 0.6 is 11.8 Å². The van der Waals surface area contributed by atoms with Crippen molar-refractivity contribution >= 4 is 39.3 Å². The first-order chi connectivity index (χ1) is 27.0. The maximum absolute atomic E-state index is 13.6. The summed E-state index contributed by atoms with van der Waals surface area (Å²) in [4.78, 5) is 26.2. The third-order valence-corrected chi connectivity index (χ3v) is 12.2. The summed E-state index contributed by atoms with van der Waals surface area (Å²) in [5.74, 6) is 0.0951. The van der Waals surface area contributed by atoms with Crippen LogP contribution in [0.5, 0.6) is 0 Å². The Morgan fingerprint density at radius 1 is 0.786 bits per heavy atom. The van der Waals surface area contributed by atoms with Crippen LogP contribution in [0.2, 0.25) is 0 Å². The summed E-state index contributed by atoms with van der Waals surface area (Å²) in [6.07, 6.45) is -0.951. The van der Waals surface area contributed by atoms with E-state index in [0.717, 1.165) is 44.0 Å². The Labute approximate surface area is 333 Å². The van der Waals surface area contributed by atoms with E-state index in [1.54, 1.807) is 23.9 Å². The Kier molecular flexibility index (Phi) is 13.8. The number of sulfonamides is 1. The number of hydrogen-bond donors (Lipinski definition) is 4. The fourth-order valence-corrected chi connectivity index (χ4v) is 8.70. The lowest BCUT2D eigenvalue weighted by atomic mass is 9.91. The number of aryl methyl sites for hydroxylation is 1. The highest BCUT2D eigenvalue weighted by Crippen LogP contribution is 2.43. The fraction of sp³-hybridized carbons (Fsp3) is 0.273. The third kappa shape index (κ3) is 10.9. The van der Waals surface area contributed by atoms with Crippen molar-refractivity contribution in [3.05, 3.63) is 161 Å². The van der Waals surface area contributed by atoms with Gasteiger partial charge in [0.15, 0.2) is 6.29 Å². The first-order valence-corrected chi connectivity index (χ1v) is 20.9. The van der Waals surface area contributed by atoms with Crippen LogP contribution in [0.15, 0.2) is 137 Å². The predicted molar refractivity (Wildman–Crippen MR) is 218 cm³/mol. The molecule has 1 heterocycles. The molecule has 12 heteroatoms. The van der Waals surface area contributed by atoms with Crippen LogP contribution < -0.4 is 15.4 Å². The molecule has 0 saturated carbocycles. The van der Waals surface area contributed by atoms with Gasteiger partial charge in [-0.05, 0) is 72.0 Å². The molecule has 4 N–H and O–H groups in total. The lowest BCUT2D eigenvalue weighted by molar-refractivity contribution is -0.268. The van der Waals surface area contributed by atoms with E-state index < -0.39 is 28.3 Å². The van der Waals surface area contributed by atoms with Gasteiger partial charge in [-0.25, -0.2) is 8.42 Å². The minimum atomic E-state index is -3.97. The molecule has 1 fully saturated rings. The normalized spacial score (nSPS) is 18.9. The molecule has 0 radical (unpaired) electrons. The monoisotopic (exact) mass is 793 g/mol. The van der Waals surface area contributed by atoms with Crippen LogP contribution in [0, 0.1) is 12.8 Å². The van der Waals surface area contributed by atoms with E-state index >= 15 is 0 Å². The van der Waals surface area contributed by atoms with E-state index in [0.29, 0.717) is 5.75 Å². The van der Waals surface area contributed by atoms with Crippen LogP contribution in [-0.2, 0) is 48.7 Å². The molecule has 1 unspecified atom stereocenters. The fourth-order valence-electron chi connectivity index (χ4n) is 6.44. The number of amides is 2.